The van der Waals surface area contributed by atoms with Crippen molar-refractivity contribution in [2.45, 2.75) is 5.41 Å². The Kier molecular flexibility index (Phi) is 8.35. The Hall–Kier alpha value is -8.92. The maximum atomic E-state index is 6.52. The number of furan rings is 1. The van der Waals surface area contributed by atoms with Crippen molar-refractivity contribution in [2.75, 3.05) is 4.90 Å². The minimum atomic E-state index is -0.508. The third-order valence-electron chi connectivity index (χ3n) is 14.5. The molecule has 10 aromatic carbocycles. The second-order valence-electron chi connectivity index (χ2n) is 18.0. The number of fused-ring (bicyclic) bond motifs is 17. The predicted octanol–water partition coefficient (Wildman–Crippen LogP) is 17.1. The highest BCUT2D eigenvalue weighted by molar-refractivity contribution is 6.12. The van der Waals surface area contributed by atoms with Gasteiger partial charge in [-0.05, 0) is 122 Å². The van der Waals surface area contributed by atoms with Crippen LogP contribution in [0.3, 0.4) is 0 Å². The lowest BCUT2D eigenvalue weighted by Crippen LogP contribution is -2.26. The van der Waals surface area contributed by atoms with Crippen LogP contribution in [0.15, 0.2) is 253 Å². The van der Waals surface area contributed by atoms with Gasteiger partial charge in [-0.15, -0.1) is 0 Å². The fourth-order valence-electron chi connectivity index (χ4n) is 11.8. The first-order chi connectivity index (χ1) is 33.7. The molecule has 0 unspecified atom stereocenters. The van der Waals surface area contributed by atoms with Crippen molar-refractivity contribution in [3.05, 3.63) is 277 Å². The first kappa shape index (κ1) is 38.4. The second kappa shape index (κ2) is 14.8. The highest BCUT2D eigenvalue weighted by Gasteiger charge is 2.52. The van der Waals surface area contributed by atoms with E-state index in [0.29, 0.717) is 0 Å². The number of anilines is 2. The standard InChI is InChI=1S/C65H42N2O/c1-2-3-21-45(38-42-36-37-62-51(39-42)52-40-43-19-4-5-20-44(43)41-63(52)68-62)66(59-33-16-17-34-60(59)67-57-31-14-9-24-48(57)49-25-10-15-32-58(49)67)61-35-18-30-56-64(61)50-26-8-13-29-55(50)65(56)53-27-11-6-22-46(53)47-23-7-12-28-54(47)65/h2-41H,1H2/b21-3-,45-38-. The molecule has 2 aliphatic carbocycles. The van der Waals surface area contributed by atoms with Crippen LogP contribution < -0.4 is 4.90 Å². The van der Waals surface area contributed by atoms with Crippen LogP contribution in [0.2, 0.25) is 0 Å². The van der Waals surface area contributed by atoms with Gasteiger partial charge in [0.25, 0.3) is 0 Å². The van der Waals surface area contributed by atoms with Crippen LogP contribution in [0.5, 0.6) is 0 Å². The molecular formula is C65H42N2O. The molecule has 318 valence electrons. The van der Waals surface area contributed by atoms with Crippen molar-refractivity contribution in [1.82, 2.24) is 4.57 Å². The largest absolute Gasteiger partial charge is 0.456 e. The summed E-state index contributed by atoms with van der Waals surface area (Å²) in [5.41, 5.74) is 19.0. The van der Waals surface area contributed by atoms with Crippen LogP contribution in [-0.2, 0) is 5.41 Å². The van der Waals surface area contributed by atoms with Crippen LogP contribution in [0.4, 0.5) is 11.4 Å². The van der Waals surface area contributed by atoms with Gasteiger partial charge in [-0.3, -0.25) is 0 Å². The van der Waals surface area contributed by atoms with Crippen LogP contribution in [0.25, 0.3) is 88.5 Å². The molecule has 2 heterocycles. The van der Waals surface area contributed by atoms with E-state index in [-0.39, 0.29) is 0 Å². The molecule has 0 fully saturated rings. The van der Waals surface area contributed by atoms with Crippen molar-refractivity contribution in [3.63, 3.8) is 0 Å². The topological polar surface area (TPSA) is 21.3 Å². The number of para-hydroxylation sites is 4. The number of allylic oxidation sites excluding steroid dienone is 3. The molecule has 2 aliphatic rings. The summed E-state index contributed by atoms with van der Waals surface area (Å²) in [6.07, 6.45) is 8.45. The summed E-state index contributed by atoms with van der Waals surface area (Å²) in [4.78, 5) is 2.49. The number of rotatable bonds is 7. The molecule has 2 aromatic heterocycles. The molecule has 14 rings (SSSR count). The average Bonchev–Trinajstić information content (AvgIpc) is 4.11. The van der Waals surface area contributed by atoms with Crippen LogP contribution in [-0.4, -0.2) is 4.57 Å². The maximum Gasteiger partial charge on any atom is 0.136 e. The molecule has 3 heteroatoms. The minimum Gasteiger partial charge on any atom is -0.456 e. The van der Waals surface area contributed by atoms with Gasteiger partial charge in [-0.1, -0.05) is 183 Å². The smallest absolute Gasteiger partial charge is 0.136 e. The molecule has 68 heavy (non-hydrogen) atoms. The van der Waals surface area contributed by atoms with Crippen molar-refractivity contribution in [2.24, 2.45) is 0 Å². The van der Waals surface area contributed by atoms with E-state index < -0.39 is 5.41 Å². The lowest BCUT2D eigenvalue weighted by Gasteiger charge is -2.33. The Bertz CT molecular complexity index is 4040. The van der Waals surface area contributed by atoms with E-state index in [4.69, 9.17) is 4.42 Å². The molecule has 1 spiro atoms. The van der Waals surface area contributed by atoms with Gasteiger partial charge in [0.2, 0.25) is 0 Å². The molecule has 0 amide bonds. The molecule has 0 saturated heterocycles. The summed E-state index contributed by atoms with van der Waals surface area (Å²) < 4.78 is 8.96. The summed E-state index contributed by atoms with van der Waals surface area (Å²) in [5, 5.41) is 6.97. The average molecular weight is 867 g/mol. The van der Waals surface area contributed by atoms with Gasteiger partial charge in [0, 0.05) is 32.8 Å². The molecule has 3 nitrogen and oxygen atoms in total. The Balaban J connectivity index is 1.08. The van der Waals surface area contributed by atoms with Gasteiger partial charge in [-0.2, -0.15) is 0 Å². The molecule has 0 bridgehead atoms. The zero-order valence-corrected chi connectivity index (χ0v) is 37.1. The number of aromatic nitrogens is 1. The van der Waals surface area contributed by atoms with Gasteiger partial charge >= 0.3 is 0 Å². The zero-order chi connectivity index (χ0) is 44.9. The molecule has 0 aliphatic heterocycles. The Labute approximate surface area is 394 Å². The van der Waals surface area contributed by atoms with Crippen LogP contribution >= 0.6 is 0 Å². The van der Waals surface area contributed by atoms with Crippen molar-refractivity contribution in [3.8, 4) is 27.9 Å². The number of hydrogen-bond donors (Lipinski definition) is 0. The Morgan fingerprint density at radius 3 is 1.75 bits per heavy atom. The van der Waals surface area contributed by atoms with Gasteiger partial charge in [-0.25, -0.2) is 0 Å². The predicted molar refractivity (Wildman–Crippen MR) is 284 cm³/mol. The fraction of sp³-hybridized carbons (Fsp3) is 0.0154. The quantitative estimate of drug-likeness (QED) is 0.149. The zero-order valence-electron chi connectivity index (χ0n) is 37.1. The second-order valence-corrected chi connectivity index (χ2v) is 18.0. The van der Waals surface area contributed by atoms with E-state index in [1.165, 1.54) is 60.7 Å². The monoisotopic (exact) mass is 866 g/mol. The van der Waals surface area contributed by atoms with E-state index in [2.05, 4.69) is 253 Å². The normalized spacial score (nSPS) is 13.5. The van der Waals surface area contributed by atoms with Gasteiger partial charge in [0.1, 0.15) is 11.2 Å². The lowest BCUT2D eigenvalue weighted by atomic mass is 9.70. The Morgan fingerprint density at radius 1 is 0.471 bits per heavy atom. The third-order valence-corrected chi connectivity index (χ3v) is 14.5. The molecule has 12 aromatic rings. The SMILES string of the molecule is C=C/C=C\C(=C\c1ccc2oc3cc4ccccc4cc3c2c1)N(c1ccccc1-n1c2ccccc2c2ccccc21)c1cccc2c1-c1ccccc1C21c2ccccc2-c2ccccc21. The number of nitrogens with zero attached hydrogens (tertiary/aromatic N) is 2. The van der Waals surface area contributed by atoms with E-state index in [0.717, 1.165) is 66.7 Å². The van der Waals surface area contributed by atoms with Crippen LogP contribution in [0.1, 0.15) is 27.8 Å². The van der Waals surface area contributed by atoms with Gasteiger partial charge in [0.05, 0.1) is 33.5 Å². The summed E-state index contributed by atoms with van der Waals surface area (Å²) in [6, 6.07) is 80.0. The van der Waals surface area contributed by atoms with Gasteiger partial charge < -0.3 is 13.9 Å². The van der Waals surface area contributed by atoms with E-state index in [1.54, 1.807) is 0 Å². The summed E-state index contributed by atoms with van der Waals surface area (Å²) >= 11 is 0. The summed E-state index contributed by atoms with van der Waals surface area (Å²) in [7, 11) is 0. The number of hydrogen-bond acceptors (Lipinski definition) is 2. The summed E-state index contributed by atoms with van der Waals surface area (Å²) in [5.74, 6) is 0. The summed E-state index contributed by atoms with van der Waals surface area (Å²) in [6.45, 7) is 4.19. The first-order valence-electron chi connectivity index (χ1n) is 23.4. The van der Waals surface area contributed by atoms with Crippen molar-refractivity contribution < 1.29 is 4.42 Å². The molecule has 0 atom stereocenters. The first-order valence-corrected chi connectivity index (χ1v) is 23.4. The van der Waals surface area contributed by atoms with E-state index in [9.17, 15) is 0 Å². The van der Waals surface area contributed by atoms with Crippen molar-refractivity contribution in [1.29, 1.82) is 0 Å². The van der Waals surface area contributed by atoms with Gasteiger partial charge in [0.15, 0.2) is 0 Å². The maximum absolute atomic E-state index is 6.52. The highest BCUT2D eigenvalue weighted by atomic mass is 16.3. The van der Waals surface area contributed by atoms with E-state index >= 15 is 0 Å². The van der Waals surface area contributed by atoms with E-state index in [1.807, 2.05) is 6.08 Å². The molecular weight excluding hydrogens is 825 g/mol. The number of benzene rings is 10. The fourth-order valence-corrected chi connectivity index (χ4v) is 11.8. The third kappa shape index (κ3) is 5.36. The van der Waals surface area contributed by atoms with Crippen molar-refractivity contribution >= 4 is 72.0 Å². The molecule has 0 N–H and O–H groups in total. The molecule has 0 radical (unpaired) electrons. The minimum absolute atomic E-state index is 0.508. The molecule has 0 saturated carbocycles. The Morgan fingerprint density at radius 2 is 1.03 bits per heavy atom. The lowest BCUT2D eigenvalue weighted by molar-refractivity contribution is 0.669. The highest BCUT2D eigenvalue weighted by Crippen LogP contribution is 2.64. The van der Waals surface area contributed by atoms with Crippen LogP contribution in [0, 0.1) is 0 Å².